The van der Waals surface area contributed by atoms with Crippen molar-refractivity contribution in [3.8, 4) is 10.6 Å². The van der Waals surface area contributed by atoms with Gasteiger partial charge in [-0.2, -0.15) is 0 Å². The first kappa shape index (κ1) is 18.6. The molecule has 2 aromatic rings. The first-order chi connectivity index (χ1) is 12.5. The molecule has 6 heteroatoms. The first-order valence-electron chi connectivity index (χ1n) is 9.01. The molecule has 1 N–H and O–H groups in total. The Morgan fingerprint density at radius 2 is 1.92 bits per heavy atom. The van der Waals surface area contributed by atoms with E-state index in [9.17, 15) is 9.59 Å². The summed E-state index contributed by atoms with van der Waals surface area (Å²) in [6.07, 6.45) is 1.48. The normalized spacial score (nSPS) is 15.1. The summed E-state index contributed by atoms with van der Waals surface area (Å²) in [5, 5.41) is 4.06. The van der Waals surface area contributed by atoms with Crippen LogP contribution in [-0.4, -0.2) is 34.8 Å². The number of benzene rings is 1. The minimum Gasteiger partial charge on any atom is -0.351 e. The van der Waals surface area contributed by atoms with Gasteiger partial charge < -0.3 is 10.2 Å². The fourth-order valence-electron chi connectivity index (χ4n) is 3.29. The number of likely N-dealkylation sites (tertiary alicyclic amines) is 1. The van der Waals surface area contributed by atoms with Crippen LogP contribution in [0.4, 0.5) is 0 Å². The van der Waals surface area contributed by atoms with Crippen LogP contribution in [0.5, 0.6) is 0 Å². The van der Waals surface area contributed by atoms with E-state index in [4.69, 9.17) is 0 Å². The second kappa shape index (κ2) is 7.99. The lowest BCUT2D eigenvalue weighted by molar-refractivity contribution is -0.134. The van der Waals surface area contributed by atoms with E-state index < -0.39 is 0 Å². The zero-order valence-corrected chi connectivity index (χ0v) is 16.4. The van der Waals surface area contributed by atoms with Crippen LogP contribution in [0, 0.1) is 19.8 Å². The van der Waals surface area contributed by atoms with E-state index >= 15 is 0 Å². The maximum absolute atomic E-state index is 12.5. The SMILES string of the molecule is CC(=O)N1CCC(C(=O)NCc2sc(-c3ccccc3C)nc2C)CC1. The number of thiazole rings is 1. The lowest BCUT2D eigenvalue weighted by atomic mass is 9.96. The molecule has 2 amide bonds. The zero-order valence-electron chi connectivity index (χ0n) is 15.5. The van der Waals surface area contributed by atoms with Crippen LogP contribution in [0.2, 0.25) is 0 Å². The Morgan fingerprint density at radius 3 is 2.58 bits per heavy atom. The Labute approximate surface area is 158 Å². The molecular weight excluding hydrogens is 346 g/mol. The van der Waals surface area contributed by atoms with Crippen molar-refractivity contribution in [3.05, 3.63) is 40.4 Å². The monoisotopic (exact) mass is 371 g/mol. The topological polar surface area (TPSA) is 62.3 Å². The van der Waals surface area contributed by atoms with E-state index in [1.54, 1.807) is 18.3 Å². The Bertz CT molecular complexity index is 807. The summed E-state index contributed by atoms with van der Waals surface area (Å²) in [5.74, 6) is 0.168. The van der Waals surface area contributed by atoms with Gasteiger partial charge in [0.1, 0.15) is 5.01 Å². The number of aromatic nitrogens is 1. The third kappa shape index (κ3) is 4.12. The molecule has 138 valence electrons. The van der Waals surface area contributed by atoms with Crippen molar-refractivity contribution in [2.45, 2.75) is 40.2 Å². The fraction of sp³-hybridized carbons (Fsp3) is 0.450. The molecule has 0 spiro atoms. The molecule has 5 nitrogen and oxygen atoms in total. The highest BCUT2D eigenvalue weighted by molar-refractivity contribution is 7.15. The van der Waals surface area contributed by atoms with Gasteiger partial charge in [0.2, 0.25) is 11.8 Å². The molecular formula is C20H25N3O2S. The number of carbonyl (C=O) groups excluding carboxylic acids is 2. The maximum Gasteiger partial charge on any atom is 0.223 e. The molecule has 0 saturated carbocycles. The van der Waals surface area contributed by atoms with E-state index in [2.05, 4.69) is 29.4 Å². The highest BCUT2D eigenvalue weighted by Gasteiger charge is 2.26. The van der Waals surface area contributed by atoms with E-state index in [-0.39, 0.29) is 17.7 Å². The van der Waals surface area contributed by atoms with Gasteiger partial charge in [-0.15, -0.1) is 11.3 Å². The second-order valence-corrected chi connectivity index (χ2v) is 7.92. The molecule has 26 heavy (non-hydrogen) atoms. The predicted molar refractivity (Wildman–Crippen MR) is 104 cm³/mol. The number of carbonyl (C=O) groups is 2. The molecule has 1 saturated heterocycles. The van der Waals surface area contributed by atoms with E-state index in [1.807, 2.05) is 24.0 Å². The van der Waals surface area contributed by atoms with Crippen molar-refractivity contribution in [2.24, 2.45) is 5.92 Å². The number of nitrogens with one attached hydrogen (secondary N) is 1. The largest absolute Gasteiger partial charge is 0.351 e. The van der Waals surface area contributed by atoms with Gasteiger partial charge in [0, 0.05) is 36.4 Å². The van der Waals surface area contributed by atoms with E-state index in [1.165, 1.54) is 5.56 Å². The van der Waals surface area contributed by atoms with Gasteiger partial charge in [0.15, 0.2) is 0 Å². The summed E-state index contributed by atoms with van der Waals surface area (Å²) in [5.41, 5.74) is 3.32. The van der Waals surface area contributed by atoms with Crippen LogP contribution in [0.25, 0.3) is 10.6 Å². The van der Waals surface area contributed by atoms with Gasteiger partial charge in [0.05, 0.1) is 12.2 Å². The first-order valence-corrected chi connectivity index (χ1v) is 9.83. The molecule has 1 aromatic heterocycles. The standard InChI is InChI=1S/C20H25N3O2S/c1-13-6-4-5-7-17(13)20-22-14(2)18(26-20)12-21-19(25)16-8-10-23(11-9-16)15(3)24/h4-7,16H,8-12H2,1-3H3,(H,21,25). The number of aryl methyl sites for hydroxylation is 2. The molecule has 0 aliphatic carbocycles. The molecule has 1 fully saturated rings. The van der Waals surface area contributed by atoms with Crippen molar-refractivity contribution >= 4 is 23.2 Å². The number of nitrogens with zero attached hydrogens (tertiary/aromatic N) is 2. The van der Waals surface area contributed by atoms with Crippen molar-refractivity contribution in [3.63, 3.8) is 0 Å². The van der Waals surface area contributed by atoms with Crippen LogP contribution >= 0.6 is 11.3 Å². The lowest BCUT2D eigenvalue weighted by Gasteiger charge is -2.30. The second-order valence-electron chi connectivity index (χ2n) is 6.84. The number of hydrogen-bond donors (Lipinski definition) is 1. The minimum atomic E-state index is -0.00494. The molecule has 1 aromatic carbocycles. The van der Waals surface area contributed by atoms with Crippen LogP contribution in [0.15, 0.2) is 24.3 Å². The molecule has 0 bridgehead atoms. The Hall–Kier alpha value is -2.21. The molecule has 0 atom stereocenters. The van der Waals surface area contributed by atoms with Gasteiger partial charge in [0.25, 0.3) is 0 Å². The maximum atomic E-state index is 12.5. The Kier molecular flexibility index (Phi) is 5.71. The average molecular weight is 372 g/mol. The summed E-state index contributed by atoms with van der Waals surface area (Å²) >= 11 is 1.64. The zero-order chi connectivity index (χ0) is 18.7. The minimum absolute atomic E-state index is 0.00494. The summed E-state index contributed by atoms with van der Waals surface area (Å²) in [6, 6.07) is 8.21. The van der Waals surface area contributed by atoms with Crippen LogP contribution in [0.3, 0.4) is 0 Å². The summed E-state index contributed by atoms with van der Waals surface area (Å²) in [4.78, 5) is 31.4. The van der Waals surface area contributed by atoms with Crippen molar-refractivity contribution < 1.29 is 9.59 Å². The number of piperidine rings is 1. The summed E-state index contributed by atoms with van der Waals surface area (Å²) < 4.78 is 0. The molecule has 0 radical (unpaired) electrons. The Morgan fingerprint density at radius 1 is 1.23 bits per heavy atom. The smallest absolute Gasteiger partial charge is 0.223 e. The van der Waals surface area contributed by atoms with Crippen LogP contribution in [-0.2, 0) is 16.1 Å². The number of rotatable bonds is 4. The van der Waals surface area contributed by atoms with Crippen LogP contribution in [0.1, 0.15) is 35.9 Å². The molecule has 1 aliphatic rings. The summed E-state index contributed by atoms with van der Waals surface area (Å²) in [7, 11) is 0. The third-order valence-corrected chi connectivity index (χ3v) is 6.19. The van der Waals surface area contributed by atoms with Crippen molar-refractivity contribution in [1.82, 2.24) is 15.2 Å². The van der Waals surface area contributed by atoms with E-state index in [0.29, 0.717) is 19.6 Å². The van der Waals surface area contributed by atoms with Gasteiger partial charge >= 0.3 is 0 Å². The number of amides is 2. The Balaban J connectivity index is 1.59. The molecule has 1 aliphatic heterocycles. The predicted octanol–water partition coefficient (Wildman–Crippen LogP) is 3.30. The highest BCUT2D eigenvalue weighted by Crippen LogP contribution is 2.30. The molecule has 3 rings (SSSR count). The molecule has 2 heterocycles. The quantitative estimate of drug-likeness (QED) is 0.897. The van der Waals surface area contributed by atoms with Gasteiger partial charge in [-0.3, -0.25) is 9.59 Å². The molecule has 0 unspecified atom stereocenters. The average Bonchev–Trinajstić information content (AvgIpc) is 3.00. The highest BCUT2D eigenvalue weighted by atomic mass is 32.1. The number of hydrogen-bond acceptors (Lipinski definition) is 4. The summed E-state index contributed by atoms with van der Waals surface area (Å²) in [6.45, 7) is 7.51. The van der Waals surface area contributed by atoms with Gasteiger partial charge in [-0.25, -0.2) is 4.98 Å². The van der Waals surface area contributed by atoms with Crippen LogP contribution < -0.4 is 5.32 Å². The third-order valence-electron chi connectivity index (χ3n) is 5.00. The fourth-order valence-corrected chi connectivity index (χ4v) is 4.38. The van der Waals surface area contributed by atoms with Gasteiger partial charge in [-0.05, 0) is 32.3 Å². The lowest BCUT2D eigenvalue weighted by Crippen LogP contribution is -2.42. The van der Waals surface area contributed by atoms with E-state index in [0.717, 1.165) is 34.0 Å². The van der Waals surface area contributed by atoms with Crippen molar-refractivity contribution in [1.29, 1.82) is 0 Å². The van der Waals surface area contributed by atoms with Crippen molar-refractivity contribution in [2.75, 3.05) is 13.1 Å². The van der Waals surface area contributed by atoms with Gasteiger partial charge in [-0.1, -0.05) is 24.3 Å².